The molecule has 0 spiro atoms. The van der Waals surface area contributed by atoms with E-state index in [1.165, 1.54) is 12.1 Å². The molecule has 1 heterocycles. The molecule has 0 aliphatic rings. The van der Waals surface area contributed by atoms with Gasteiger partial charge in [0.1, 0.15) is 5.82 Å². The summed E-state index contributed by atoms with van der Waals surface area (Å²) in [6, 6.07) is 7.65. The zero-order valence-electron chi connectivity index (χ0n) is 10.9. The first-order valence-electron chi connectivity index (χ1n) is 6.04. The highest BCUT2D eigenvalue weighted by molar-refractivity contribution is 5.29. The predicted octanol–water partition coefficient (Wildman–Crippen LogP) is 2.38. The molecule has 5 heteroatoms. The lowest BCUT2D eigenvalue weighted by atomic mass is 10.1. The van der Waals surface area contributed by atoms with Crippen molar-refractivity contribution < 1.29 is 9.50 Å². The minimum absolute atomic E-state index is 0.272. The number of halogens is 1. The Bertz CT molecular complexity index is 537. The summed E-state index contributed by atoms with van der Waals surface area (Å²) in [5.41, 5.74) is 2.39. The average molecular weight is 261 g/mol. The van der Waals surface area contributed by atoms with Crippen LogP contribution in [0.15, 0.2) is 30.3 Å². The van der Waals surface area contributed by atoms with Gasteiger partial charge in [-0.15, -0.1) is 0 Å². The molecular formula is C14H16FN3O. The third-order valence-electron chi connectivity index (χ3n) is 2.69. The Morgan fingerprint density at radius 3 is 2.32 bits per heavy atom. The zero-order chi connectivity index (χ0) is 13.8. The maximum atomic E-state index is 12.8. The molecule has 0 aliphatic carbocycles. The second-order valence-electron chi connectivity index (χ2n) is 4.42. The molecule has 2 aromatic rings. The van der Waals surface area contributed by atoms with Crippen molar-refractivity contribution in [3.05, 3.63) is 53.1 Å². The fraction of sp³-hybridized carbons (Fsp3) is 0.286. The molecule has 1 aromatic heterocycles. The van der Waals surface area contributed by atoms with Crippen LogP contribution in [0.3, 0.4) is 0 Å². The Kier molecular flexibility index (Phi) is 4.06. The van der Waals surface area contributed by atoms with Crippen molar-refractivity contribution in [2.75, 3.05) is 11.9 Å². The Balaban J connectivity index is 1.99. The van der Waals surface area contributed by atoms with E-state index in [9.17, 15) is 9.50 Å². The lowest BCUT2D eigenvalue weighted by Crippen LogP contribution is -2.14. The summed E-state index contributed by atoms with van der Waals surface area (Å²) in [4.78, 5) is 8.44. The molecule has 0 bridgehead atoms. The number of aliphatic hydroxyl groups excluding tert-OH is 1. The quantitative estimate of drug-likeness (QED) is 0.887. The number of aromatic nitrogens is 2. The maximum Gasteiger partial charge on any atom is 0.223 e. The number of hydrogen-bond donors (Lipinski definition) is 2. The van der Waals surface area contributed by atoms with E-state index < -0.39 is 6.10 Å². The zero-order valence-corrected chi connectivity index (χ0v) is 10.9. The molecule has 0 saturated heterocycles. The smallest absolute Gasteiger partial charge is 0.223 e. The Labute approximate surface area is 111 Å². The van der Waals surface area contributed by atoms with E-state index >= 15 is 0 Å². The van der Waals surface area contributed by atoms with Crippen molar-refractivity contribution in [3.63, 3.8) is 0 Å². The van der Waals surface area contributed by atoms with Crippen LogP contribution in [0.25, 0.3) is 0 Å². The molecule has 19 heavy (non-hydrogen) atoms. The van der Waals surface area contributed by atoms with E-state index in [0.29, 0.717) is 11.5 Å². The highest BCUT2D eigenvalue weighted by Crippen LogP contribution is 2.14. The van der Waals surface area contributed by atoms with Gasteiger partial charge in [-0.05, 0) is 37.6 Å². The van der Waals surface area contributed by atoms with E-state index in [4.69, 9.17) is 0 Å². The standard InChI is InChI=1S/C14H16FN3O/c1-9-7-10(2)18-14(17-9)16-8-13(19)11-3-5-12(15)6-4-11/h3-7,13,19H,8H2,1-2H3,(H,16,17,18)/t13-/m1/s1. The van der Waals surface area contributed by atoms with Crippen LogP contribution in [-0.4, -0.2) is 21.6 Å². The number of hydrogen-bond acceptors (Lipinski definition) is 4. The van der Waals surface area contributed by atoms with Gasteiger partial charge in [-0.1, -0.05) is 12.1 Å². The van der Waals surface area contributed by atoms with Crippen LogP contribution in [-0.2, 0) is 0 Å². The summed E-state index contributed by atoms with van der Waals surface area (Å²) in [5, 5.41) is 12.9. The summed E-state index contributed by atoms with van der Waals surface area (Å²) in [7, 11) is 0. The Hall–Kier alpha value is -2.01. The van der Waals surface area contributed by atoms with Crippen LogP contribution in [0.1, 0.15) is 23.1 Å². The predicted molar refractivity (Wildman–Crippen MR) is 71.4 cm³/mol. The number of nitrogens with one attached hydrogen (secondary N) is 1. The first-order valence-corrected chi connectivity index (χ1v) is 6.04. The molecule has 2 rings (SSSR count). The number of nitrogens with zero attached hydrogens (tertiary/aromatic N) is 2. The molecule has 4 nitrogen and oxygen atoms in total. The lowest BCUT2D eigenvalue weighted by Gasteiger charge is -2.12. The molecule has 1 aromatic carbocycles. The van der Waals surface area contributed by atoms with Gasteiger partial charge in [0, 0.05) is 17.9 Å². The van der Waals surface area contributed by atoms with Crippen molar-refractivity contribution in [1.29, 1.82) is 0 Å². The molecule has 0 fully saturated rings. The summed E-state index contributed by atoms with van der Waals surface area (Å²) < 4.78 is 12.8. The number of anilines is 1. The monoisotopic (exact) mass is 261 g/mol. The minimum Gasteiger partial charge on any atom is -0.387 e. The third kappa shape index (κ3) is 3.72. The molecular weight excluding hydrogens is 245 g/mol. The fourth-order valence-corrected chi connectivity index (χ4v) is 1.80. The summed E-state index contributed by atoms with van der Waals surface area (Å²) in [5.74, 6) is 0.167. The number of aliphatic hydroxyl groups is 1. The van der Waals surface area contributed by atoms with Crippen molar-refractivity contribution in [1.82, 2.24) is 9.97 Å². The normalized spacial score (nSPS) is 12.2. The van der Waals surface area contributed by atoms with Gasteiger partial charge < -0.3 is 10.4 Å². The van der Waals surface area contributed by atoms with E-state index in [2.05, 4.69) is 15.3 Å². The maximum absolute atomic E-state index is 12.8. The van der Waals surface area contributed by atoms with Crippen LogP contribution >= 0.6 is 0 Å². The molecule has 100 valence electrons. The average Bonchev–Trinajstić information content (AvgIpc) is 2.36. The lowest BCUT2D eigenvalue weighted by molar-refractivity contribution is 0.191. The number of aryl methyl sites for hydroxylation is 2. The van der Waals surface area contributed by atoms with Crippen molar-refractivity contribution >= 4 is 5.95 Å². The topological polar surface area (TPSA) is 58.0 Å². The molecule has 2 N–H and O–H groups in total. The van der Waals surface area contributed by atoms with Gasteiger partial charge in [0.25, 0.3) is 0 Å². The third-order valence-corrected chi connectivity index (χ3v) is 2.69. The van der Waals surface area contributed by atoms with Gasteiger partial charge in [-0.2, -0.15) is 0 Å². The highest BCUT2D eigenvalue weighted by Gasteiger charge is 2.08. The van der Waals surface area contributed by atoms with Gasteiger partial charge >= 0.3 is 0 Å². The molecule has 0 unspecified atom stereocenters. The van der Waals surface area contributed by atoms with Crippen molar-refractivity contribution in [3.8, 4) is 0 Å². The minimum atomic E-state index is -0.731. The van der Waals surface area contributed by atoms with Crippen LogP contribution in [0.2, 0.25) is 0 Å². The molecule has 1 atom stereocenters. The van der Waals surface area contributed by atoms with Gasteiger partial charge in [-0.3, -0.25) is 0 Å². The highest BCUT2D eigenvalue weighted by atomic mass is 19.1. The summed E-state index contributed by atoms with van der Waals surface area (Å²) in [6.07, 6.45) is -0.731. The summed E-state index contributed by atoms with van der Waals surface area (Å²) >= 11 is 0. The van der Waals surface area contributed by atoms with Crippen molar-refractivity contribution in [2.24, 2.45) is 0 Å². The number of benzene rings is 1. The first kappa shape index (κ1) is 13.4. The van der Waals surface area contributed by atoms with Crippen LogP contribution in [0.5, 0.6) is 0 Å². The Morgan fingerprint density at radius 1 is 1.16 bits per heavy atom. The van der Waals surface area contributed by atoms with Crippen LogP contribution in [0.4, 0.5) is 10.3 Å². The van der Waals surface area contributed by atoms with Crippen LogP contribution in [0, 0.1) is 19.7 Å². The molecule has 0 aliphatic heterocycles. The molecule has 0 saturated carbocycles. The van der Waals surface area contributed by atoms with E-state index in [-0.39, 0.29) is 12.4 Å². The van der Waals surface area contributed by atoms with Gasteiger partial charge in [0.2, 0.25) is 5.95 Å². The van der Waals surface area contributed by atoms with Crippen molar-refractivity contribution in [2.45, 2.75) is 20.0 Å². The largest absolute Gasteiger partial charge is 0.387 e. The fourth-order valence-electron chi connectivity index (χ4n) is 1.80. The molecule has 0 radical (unpaired) electrons. The molecule has 0 amide bonds. The van der Waals surface area contributed by atoms with E-state index in [1.807, 2.05) is 19.9 Å². The Morgan fingerprint density at radius 2 is 1.74 bits per heavy atom. The first-order chi connectivity index (χ1) is 9.04. The second-order valence-corrected chi connectivity index (χ2v) is 4.42. The van der Waals surface area contributed by atoms with E-state index in [1.54, 1.807) is 12.1 Å². The van der Waals surface area contributed by atoms with Gasteiger partial charge in [0.05, 0.1) is 6.10 Å². The van der Waals surface area contributed by atoms with E-state index in [0.717, 1.165) is 11.4 Å². The van der Waals surface area contributed by atoms with Crippen LogP contribution < -0.4 is 5.32 Å². The number of rotatable bonds is 4. The van der Waals surface area contributed by atoms with Gasteiger partial charge in [0.15, 0.2) is 0 Å². The van der Waals surface area contributed by atoms with Gasteiger partial charge in [-0.25, -0.2) is 14.4 Å². The summed E-state index contributed by atoms with van der Waals surface area (Å²) in [6.45, 7) is 4.04. The SMILES string of the molecule is Cc1cc(C)nc(NC[C@@H](O)c2ccc(F)cc2)n1. The second kappa shape index (κ2) is 5.75.